The second kappa shape index (κ2) is 5.85. The molecule has 0 aliphatic heterocycles. The molecule has 0 aromatic carbocycles. The summed E-state index contributed by atoms with van der Waals surface area (Å²) in [6, 6.07) is 0. The van der Waals surface area contributed by atoms with Gasteiger partial charge in [0.2, 0.25) is 7.37 Å². The zero-order chi connectivity index (χ0) is 12.1. The van der Waals surface area contributed by atoms with Gasteiger partial charge >= 0.3 is 11.9 Å². The van der Waals surface area contributed by atoms with Gasteiger partial charge in [-0.05, 0) is 6.42 Å². The summed E-state index contributed by atoms with van der Waals surface area (Å²) in [6.45, 7) is 0. The highest BCUT2D eigenvalue weighted by atomic mass is 31.2. The summed E-state index contributed by atoms with van der Waals surface area (Å²) in [6.07, 6.45) is -1.49. The van der Waals surface area contributed by atoms with Crippen LogP contribution in [-0.2, 0) is 14.2 Å². The second-order valence-electron chi connectivity index (χ2n) is 3.18. The largest absolute Gasteiger partial charge is 0.481 e. The van der Waals surface area contributed by atoms with Gasteiger partial charge in [-0.2, -0.15) is 0 Å². The Kier molecular flexibility index (Phi) is 5.49. The molecule has 0 aliphatic rings. The van der Waals surface area contributed by atoms with Crippen molar-refractivity contribution >= 4 is 19.3 Å². The van der Waals surface area contributed by atoms with Crippen LogP contribution in [0.3, 0.4) is 0 Å². The van der Waals surface area contributed by atoms with Crippen molar-refractivity contribution in [3.05, 3.63) is 0 Å². The summed E-state index contributed by atoms with van der Waals surface area (Å²) < 4.78 is 11.2. The Labute approximate surface area is 86.4 Å². The number of carbonyl (C=O) groups is 2. The number of hydrogen-bond donors (Lipinski definition) is 4. The number of rotatable bonds is 7. The maximum atomic E-state index is 11.2. The van der Waals surface area contributed by atoms with E-state index in [2.05, 4.69) is 0 Å². The van der Waals surface area contributed by atoms with Crippen molar-refractivity contribution in [2.24, 2.45) is 11.7 Å². The molecule has 0 aromatic heterocycles. The molecule has 0 rings (SSSR count). The Balaban J connectivity index is 4.35. The molecule has 2 atom stereocenters. The van der Waals surface area contributed by atoms with Crippen LogP contribution in [-0.4, -0.2) is 39.5 Å². The van der Waals surface area contributed by atoms with Crippen molar-refractivity contribution in [2.45, 2.75) is 12.8 Å². The van der Waals surface area contributed by atoms with E-state index in [0.29, 0.717) is 0 Å². The minimum atomic E-state index is -3.64. The van der Waals surface area contributed by atoms with Gasteiger partial charge < -0.3 is 20.8 Å². The van der Waals surface area contributed by atoms with Crippen molar-refractivity contribution in [1.82, 2.24) is 0 Å². The number of carboxylic acids is 2. The summed E-state index contributed by atoms with van der Waals surface area (Å²) in [5, 5.41) is 17.0. The second-order valence-corrected chi connectivity index (χ2v) is 5.60. The van der Waals surface area contributed by atoms with Crippen molar-refractivity contribution in [3.63, 3.8) is 0 Å². The lowest BCUT2D eigenvalue weighted by Gasteiger charge is -2.14. The Morgan fingerprint density at radius 2 is 1.87 bits per heavy atom. The molecule has 0 bridgehead atoms. The van der Waals surface area contributed by atoms with Crippen LogP contribution in [0.5, 0.6) is 0 Å². The third-order valence-corrected chi connectivity index (χ3v) is 3.43. The maximum Gasteiger partial charge on any atom is 0.307 e. The molecule has 1 unspecified atom stereocenters. The first kappa shape index (κ1) is 14.1. The van der Waals surface area contributed by atoms with E-state index in [-0.39, 0.29) is 12.8 Å². The normalized spacial score (nSPS) is 16.7. The highest BCUT2D eigenvalue weighted by Gasteiger charge is 2.27. The van der Waals surface area contributed by atoms with Gasteiger partial charge in [-0.1, -0.05) is 0 Å². The standard InChI is InChI=1S/C7H14NO6P/c8-4-15(13,14)3-5(7(11)12)1-2-6(9)10/h5H,1-4,8H2,(H,9,10)(H,11,12)(H,13,14)/t5-/m1/s1. The van der Waals surface area contributed by atoms with Crippen LogP contribution in [0.1, 0.15) is 12.8 Å². The fourth-order valence-corrected chi connectivity index (χ4v) is 2.19. The van der Waals surface area contributed by atoms with Gasteiger partial charge in [-0.3, -0.25) is 14.2 Å². The molecule has 8 heteroatoms. The lowest BCUT2D eigenvalue weighted by molar-refractivity contribution is -0.142. The van der Waals surface area contributed by atoms with E-state index in [0.717, 1.165) is 0 Å². The number of nitrogens with two attached hydrogens (primary N) is 1. The quantitative estimate of drug-likeness (QED) is 0.449. The van der Waals surface area contributed by atoms with E-state index in [4.69, 9.17) is 20.8 Å². The molecular formula is C7H14NO6P. The predicted octanol–water partition coefficient (Wildman–Crippen LogP) is -0.261. The molecule has 0 fully saturated rings. The van der Waals surface area contributed by atoms with Crippen molar-refractivity contribution < 1.29 is 29.3 Å². The molecule has 88 valence electrons. The topological polar surface area (TPSA) is 138 Å². The smallest absolute Gasteiger partial charge is 0.307 e. The molecule has 0 spiro atoms. The molecule has 0 aliphatic carbocycles. The van der Waals surface area contributed by atoms with Crippen LogP contribution in [0.2, 0.25) is 0 Å². The molecule has 0 radical (unpaired) electrons. The van der Waals surface area contributed by atoms with Gasteiger partial charge in [-0.15, -0.1) is 0 Å². The molecule has 0 aromatic rings. The summed E-state index contributed by atoms with van der Waals surface area (Å²) in [5.41, 5.74) is 4.99. The fourth-order valence-electron chi connectivity index (χ4n) is 1.01. The molecule has 0 saturated heterocycles. The maximum absolute atomic E-state index is 11.2. The van der Waals surface area contributed by atoms with E-state index in [9.17, 15) is 14.2 Å². The van der Waals surface area contributed by atoms with Crippen LogP contribution in [0.4, 0.5) is 0 Å². The third kappa shape index (κ3) is 6.22. The molecule has 15 heavy (non-hydrogen) atoms. The molecule has 0 amide bonds. The average Bonchev–Trinajstić information content (AvgIpc) is 2.11. The highest BCUT2D eigenvalue weighted by Crippen LogP contribution is 2.41. The monoisotopic (exact) mass is 239 g/mol. The van der Waals surface area contributed by atoms with Gasteiger partial charge in [0.15, 0.2) is 0 Å². The fraction of sp³-hybridized carbons (Fsp3) is 0.714. The van der Waals surface area contributed by atoms with E-state index in [1.165, 1.54) is 0 Å². The molecular weight excluding hydrogens is 225 g/mol. The minimum absolute atomic E-state index is 0.171. The Hall–Kier alpha value is -0.910. The van der Waals surface area contributed by atoms with Gasteiger partial charge in [0.25, 0.3) is 0 Å². The van der Waals surface area contributed by atoms with E-state index in [1.807, 2.05) is 0 Å². The van der Waals surface area contributed by atoms with Crippen molar-refractivity contribution in [1.29, 1.82) is 0 Å². The molecule has 0 heterocycles. The predicted molar refractivity (Wildman–Crippen MR) is 51.7 cm³/mol. The Morgan fingerprint density at radius 3 is 2.20 bits per heavy atom. The summed E-state index contributed by atoms with van der Waals surface area (Å²) in [4.78, 5) is 30.0. The van der Waals surface area contributed by atoms with Gasteiger partial charge in [0.05, 0.1) is 12.2 Å². The summed E-state index contributed by atoms with van der Waals surface area (Å²) >= 11 is 0. The Morgan fingerprint density at radius 1 is 1.33 bits per heavy atom. The first-order chi connectivity index (χ1) is 6.78. The summed E-state index contributed by atoms with van der Waals surface area (Å²) in [5.74, 6) is -3.55. The number of carboxylic acid groups (broad SMARTS) is 2. The average molecular weight is 239 g/mol. The lowest BCUT2D eigenvalue weighted by Crippen LogP contribution is -2.21. The molecule has 0 saturated carbocycles. The van der Waals surface area contributed by atoms with E-state index in [1.54, 1.807) is 0 Å². The zero-order valence-corrected chi connectivity index (χ0v) is 8.89. The van der Waals surface area contributed by atoms with Crippen LogP contribution in [0, 0.1) is 5.92 Å². The minimum Gasteiger partial charge on any atom is -0.481 e. The lowest BCUT2D eigenvalue weighted by atomic mass is 10.1. The van der Waals surface area contributed by atoms with Crippen molar-refractivity contribution in [2.75, 3.05) is 12.4 Å². The van der Waals surface area contributed by atoms with Crippen LogP contribution in [0.15, 0.2) is 0 Å². The van der Waals surface area contributed by atoms with Crippen LogP contribution >= 0.6 is 7.37 Å². The Bertz CT molecular complexity index is 291. The highest BCUT2D eigenvalue weighted by molar-refractivity contribution is 7.57. The SMILES string of the molecule is NCP(=O)(O)C[C@@H](CCC(=O)O)C(=O)O. The van der Waals surface area contributed by atoms with Gasteiger partial charge in [-0.25, -0.2) is 0 Å². The van der Waals surface area contributed by atoms with Gasteiger partial charge in [0.1, 0.15) is 0 Å². The summed E-state index contributed by atoms with van der Waals surface area (Å²) in [7, 11) is -3.64. The van der Waals surface area contributed by atoms with Crippen LogP contribution in [0.25, 0.3) is 0 Å². The molecule has 5 N–H and O–H groups in total. The van der Waals surface area contributed by atoms with Crippen molar-refractivity contribution in [3.8, 4) is 0 Å². The van der Waals surface area contributed by atoms with Gasteiger partial charge in [0, 0.05) is 12.6 Å². The first-order valence-electron chi connectivity index (χ1n) is 4.24. The van der Waals surface area contributed by atoms with Crippen LogP contribution < -0.4 is 5.73 Å². The zero-order valence-electron chi connectivity index (χ0n) is 8.00. The third-order valence-electron chi connectivity index (χ3n) is 1.85. The van der Waals surface area contributed by atoms with E-state index >= 15 is 0 Å². The number of aliphatic carboxylic acids is 2. The first-order valence-corrected chi connectivity index (χ1v) is 6.27. The number of hydrogen-bond acceptors (Lipinski definition) is 4. The molecule has 7 nitrogen and oxygen atoms in total. The van der Waals surface area contributed by atoms with E-state index < -0.39 is 37.7 Å².